The molecule has 0 aliphatic carbocycles. The molecule has 3 heteroatoms. The van der Waals surface area contributed by atoms with Gasteiger partial charge in [-0.1, -0.05) is 30.3 Å². The van der Waals surface area contributed by atoms with Crippen LogP contribution in [0.4, 0.5) is 4.39 Å². The second-order valence-corrected chi connectivity index (χ2v) is 5.32. The van der Waals surface area contributed by atoms with Crippen molar-refractivity contribution in [2.75, 3.05) is 13.2 Å². The Morgan fingerprint density at radius 1 is 1.14 bits per heavy atom. The predicted molar refractivity (Wildman–Crippen MR) is 84.2 cm³/mol. The largest absolute Gasteiger partial charge is 0.492 e. The number of aryl methyl sites for hydroxylation is 1. The van der Waals surface area contributed by atoms with Gasteiger partial charge in [-0.2, -0.15) is 0 Å². The van der Waals surface area contributed by atoms with Crippen molar-refractivity contribution in [3.63, 3.8) is 0 Å². The molecule has 2 rings (SSSR count). The lowest BCUT2D eigenvalue weighted by atomic mass is 10.1. The van der Waals surface area contributed by atoms with Gasteiger partial charge in [-0.05, 0) is 49.6 Å². The summed E-state index contributed by atoms with van der Waals surface area (Å²) < 4.78 is 19.2. The summed E-state index contributed by atoms with van der Waals surface area (Å²) in [5, 5.41) is 3.35. The molecule has 0 bridgehead atoms. The summed E-state index contributed by atoms with van der Waals surface area (Å²) in [5.41, 5.74) is 1.94. The molecule has 1 atom stereocenters. The summed E-state index contributed by atoms with van der Waals surface area (Å²) >= 11 is 0. The Morgan fingerprint density at radius 3 is 2.71 bits per heavy atom. The highest BCUT2D eigenvalue weighted by molar-refractivity contribution is 5.27. The number of ether oxygens (including phenoxy) is 1. The van der Waals surface area contributed by atoms with Crippen molar-refractivity contribution in [1.29, 1.82) is 0 Å². The SMILES string of the molecule is Cc1cccc(OCCNC(C)Cc2ccccc2F)c1. The highest BCUT2D eigenvalue weighted by Crippen LogP contribution is 2.12. The zero-order chi connectivity index (χ0) is 15.1. The Hall–Kier alpha value is -1.87. The Labute approximate surface area is 126 Å². The molecule has 0 amide bonds. The molecular weight excluding hydrogens is 265 g/mol. The second kappa shape index (κ2) is 7.79. The van der Waals surface area contributed by atoms with E-state index in [1.54, 1.807) is 6.07 Å². The third-order valence-corrected chi connectivity index (χ3v) is 3.34. The van der Waals surface area contributed by atoms with Gasteiger partial charge in [0.2, 0.25) is 0 Å². The number of halogens is 1. The van der Waals surface area contributed by atoms with Gasteiger partial charge in [0.05, 0.1) is 0 Å². The number of hydrogen-bond donors (Lipinski definition) is 1. The first-order valence-corrected chi connectivity index (χ1v) is 7.31. The molecule has 112 valence electrons. The van der Waals surface area contributed by atoms with E-state index < -0.39 is 0 Å². The molecule has 2 aromatic carbocycles. The minimum absolute atomic E-state index is 0.137. The van der Waals surface area contributed by atoms with Gasteiger partial charge in [0.25, 0.3) is 0 Å². The van der Waals surface area contributed by atoms with E-state index in [0.717, 1.165) is 17.9 Å². The van der Waals surface area contributed by atoms with Gasteiger partial charge in [0, 0.05) is 12.6 Å². The van der Waals surface area contributed by atoms with Crippen molar-refractivity contribution in [2.45, 2.75) is 26.3 Å². The Morgan fingerprint density at radius 2 is 1.95 bits per heavy atom. The Balaban J connectivity index is 1.70. The van der Waals surface area contributed by atoms with E-state index in [1.165, 1.54) is 11.6 Å². The van der Waals surface area contributed by atoms with Crippen LogP contribution in [0.25, 0.3) is 0 Å². The fourth-order valence-corrected chi connectivity index (χ4v) is 2.25. The van der Waals surface area contributed by atoms with Gasteiger partial charge < -0.3 is 10.1 Å². The van der Waals surface area contributed by atoms with Crippen molar-refractivity contribution in [3.8, 4) is 5.75 Å². The highest BCUT2D eigenvalue weighted by atomic mass is 19.1. The van der Waals surface area contributed by atoms with Crippen LogP contribution in [0.2, 0.25) is 0 Å². The molecule has 0 aromatic heterocycles. The van der Waals surface area contributed by atoms with Crippen LogP contribution in [0.1, 0.15) is 18.1 Å². The third kappa shape index (κ3) is 5.20. The second-order valence-electron chi connectivity index (χ2n) is 5.32. The van der Waals surface area contributed by atoms with Gasteiger partial charge in [-0.3, -0.25) is 0 Å². The molecule has 0 radical (unpaired) electrons. The van der Waals surface area contributed by atoms with Crippen molar-refractivity contribution in [1.82, 2.24) is 5.32 Å². The fourth-order valence-electron chi connectivity index (χ4n) is 2.25. The molecule has 0 heterocycles. The lowest BCUT2D eigenvalue weighted by Crippen LogP contribution is -2.32. The first-order valence-electron chi connectivity index (χ1n) is 7.31. The first-order chi connectivity index (χ1) is 10.1. The standard InChI is InChI=1S/C18H22FNO/c1-14-6-5-8-17(12-14)21-11-10-20-15(2)13-16-7-3-4-9-18(16)19/h3-9,12,15,20H,10-11,13H2,1-2H3. The van der Waals surface area contributed by atoms with Crippen LogP contribution in [0, 0.1) is 12.7 Å². The van der Waals surface area contributed by atoms with E-state index in [-0.39, 0.29) is 11.9 Å². The van der Waals surface area contributed by atoms with Gasteiger partial charge in [-0.15, -0.1) is 0 Å². The van der Waals surface area contributed by atoms with Crippen molar-refractivity contribution in [3.05, 3.63) is 65.5 Å². The van der Waals surface area contributed by atoms with Crippen LogP contribution in [0.5, 0.6) is 5.75 Å². The summed E-state index contributed by atoms with van der Waals surface area (Å²) in [6.45, 7) is 5.44. The molecule has 0 aliphatic rings. The molecule has 0 aliphatic heterocycles. The topological polar surface area (TPSA) is 21.3 Å². The summed E-state index contributed by atoms with van der Waals surface area (Å²) in [5.74, 6) is 0.751. The van der Waals surface area contributed by atoms with Crippen LogP contribution in [-0.2, 0) is 6.42 Å². The van der Waals surface area contributed by atoms with Gasteiger partial charge in [-0.25, -0.2) is 4.39 Å². The van der Waals surface area contributed by atoms with Crippen LogP contribution < -0.4 is 10.1 Å². The lowest BCUT2D eigenvalue weighted by Gasteiger charge is -2.15. The molecule has 2 aromatic rings. The average molecular weight is 287 g/mol. The quantitative estimate of drug-likeness (QED) is 0.783. The Bertz CT molecular complexity index is 571. The lowest BCUT2D eigenvalue weighted by molar-refractivity contribution is 0.306. The summed E-state index contributed by atoms with van der Waals surface area (Å²) in [7, 11) is 0. The van der Waals surface area contributed by atoms with Gasteiger partial charge >= 0.3 is 0 Å². The maximum absolute atomic E-state index is 13.5. The molecule has 0 saturated carbocycles. The molecule has 1 N–H and O–H groups in total. The van der Waals surface area contributed by atoms with Crippen molar-refractivity contribution >= 4 is 0 Å². The average Bonchev–Trinajstić information content (AvgIpc) is 2.46. The van der Waals surface area contributed by atoms with Crippen LogP contribution in [0.3, 0.4) is 0 Å². The van der Waals surface area contributed by atoms with Crippen LogP contribution in [0.15, 0.2) is 48.5 Å². The number of benzene rings is 2. The molecule has 21 heavy (non-hydrogen) atoms. The maximum Gasteiger partial charge on any atom is 0.126 e. The van der Waals surface area contributed by atoms with Gasteiger partial charge in [0.1, 0.15) is 18.2 Å². The van der Waals surface area contributed by atoms with E-state index in [0.29, 0.717) is 13.0 Å². The van der Waals surface area contributed by atoms with Crippen LogP contribution >= 0.6 is 0 Å². The van der Waals surface area contributed by atoms with Gasteiger partial charge in [0.15, 0.2) is 0 Å². The Kier molecular flexibility index (Phi) is 5.76. The van der Waals surface area contributed by atoms with E-state index in [1.807, 2.05) is 43.3 Å². The molecule has 2 nitrogen and oxygen atoms in total. The van der Waals surface area contributed by atoms with Crippen molar-refractivity contribution < 1.29 is 9.13 Å². The van der Waals surface area contributed by atoms with Crippen LogP contribution in [-0.4, -0.2) is 19.2 Å². The summed E-state index contributed by atoms with van der Waals surface area (Å²) in [6, 6.07) is 15.1. The maximum atomic E-state index is 13.5. The fraction of sp³-hybridized carbons (Fsp3) is 0.333. The summed E-state index contributed by atoms with van der Waals surface area (Å²) in [4.78, 5) is 0. The number of nitrogens with one attached hydrogen (secondary N) is 1. The normalized spacial score (nSPS) is 12.1. The third-order valence-electron chi connectivity index (χ3n) is 3.34. The molecular formula is C18H22FNO. The minimum atomic E-state index is -0.137. The van der Waals surface area contributed by atoms with E-state index >= 15 is 0 Å². The highest BCUT2D eigenvalue weighted by Gasteiger charge is 2.06. The summed E-state index contributed by atoms with van der Waals surface area (Å²) in [6.07, 6.45) is 0.678. The predicted octanol–water partition coefficient (Wildman–Crippen LogP) is 3.73. The number of hydrogen-bond acceptors (Lipinski definition) is 2. The first kappa shape index (κ1) is 15.5. The van der Waals surface area contributed by atoms with E-state index in [2.05, 4.69) is 12.2 Å². The molecule has 0 saturated heterocycles. The zero-order valence-corrected chi connectivity index (χ0v) is 12.6. The van der Waals surface area contributed by atoms with Crippen molar-refractivity contribution in [2.24, 2.45) is 0 Å². The monoisotopic (exact) mass is 287 g/mol. The molecule has 0 fully saturated rings. The smallest absolute Gasteiger partial charge is 0.126 e. The zero-order valence-electron chi connectivity index (χ0n) is 12.6. The minimum Gasteiger partial charge on any atom is -0.492 e. The van der Waals surface area contributed by atoms with E-state index in [9.17, 15) is 4.39 Å². The number of rotatable bonds is 7. The molecule has 1 unspecified atom stereocenters. The van der Waals surface area contributed by atoms with E-state index in [4.69, 9.17) is 4.74 Å². The molecule has 0 spiro atoms.